The molecule has 3 aliphatic heterocycles. The normalized spacial score (nSPS) is 26.2. The molecule has 11 heteroatoms. The van der Waals surface area contributed by atoms with Gasteiger partial charge in [-0.2, -0.15) is 22.8 Å². The van der Waals surface area contributed by atoms with Crippen LogP contribution in [0.25, 0.3) is 34.4 Å². The van der Waals surface area contributed by atoms with Crippen LogP contribution in [0.15, 0.2) is 22.8 Å². The minimum atomic E-state index is -1.23. The Morgan fingerprint density at radius 3 is 1.86 bits per heavy atom. The molecule has 2 fully saturated rings. The summed E-state index contributed by atoms with van der Waals surface area (Å²) >= 11 is 0. The summed E-state index contributed by atoms with van der Waals surface area (Å²) in [7, 11) is 1.29. The van der Waals surface area contributed by atoms with Gasteiger partial charge in [0.25, 0.3) is 0 Å². The third-order valence-corrected chi connectivity index (χ3v) is 15.2. The fraction of sp³-hybridized carbons (Fsp3) is 0.655. The van der Waals surface area contributed by atoms with Crippen molar-refractivity contribution in [2.45, 2.75) is 166 Å². The van der Waals surface area contributed by atoms with E-state index in [9.17, 15) is 19.5 Å². The summed E-state index contributed by atoms with van der Waals surface area (Å²) in [6.07, 6.45) is 18.9. The molecule has 8 bridgehead atoms. The Morgan fingerprint density at radius 2 is 1.27 bits per heavy atom. The molecule has 0 spiro atoms. The number of carbonyl (C=O) groups is 3. The summed E-state index contributed by atoms with van der Waals surface area (Å²) in [5, 5.41) is 21.4. The molecule has 4 aliphatic rings. The van der Waals surface area contributed by atoms with Crippen LogP contribution in [-0.4, -0.2) is 59.6 Å². The summed E-state index contributed by atoms with van der Waals surface area (Å²) in [6.45, 7) is 24.0. The topological polar surface area (TPSA) is 146 Å². The fourth-order valence-electron chi connectivity index (χ4n) is 10.9. The molecule has 0 radical (unpaired) electrons. The Hall–Kier alpha value is -3.54. The van der Waals surface area contributed by atoms with E-state index in [0.29, 0.717) is 69.8 Å². The van der Waals surface area contributed by atoms with Crippen LogP contribution in [0.2, 0.25) is 0 Å². The van der Waals surface area contributed by atoms with Gasteiger partial charge in [0, 0.05) is 12.0 Å². The van der Waals surface area contributed by atoms with E-state index in [1.54, 1.807) is 6.92 Å². The summed E-state index contributed by atoms with van der Waals surface area (Å²) in [4.78, 5) is 51.7. The largest absolute Gasteiger partial charge is 2.00 e. The van der Waals surface area contributed by atoms with Crippen LogP contribution in [0.5, 0.6) is 0 Å². The number of ether oxygens (including phenoxy) is 2. The molecule has 66 heavy (non-hydrogen) atoms. The van der Waals surface area contributed by atoms with Crippen LogP contribution < -0.4 is 9.97 Å². The molecule has 1 N–H and O–H groups in total. The number of aromatic nitrogens is 2. The number of hydrogen-bond acceptors (Lipinski definition) is 6. The Balaban J connectivity index is 0.00000817. The summed E-state index contributed by atoms with van der Waals surface area (Å²) in [5.41, 5.74) is 8.60. The van der Waals surface area contributed by atoms with Gasteiger partial charge >= 0.3 is 35.0 Å². The summed E-state index contributed by atoms with van der Waals surface area (Å²) in [5.74, 6) is -0.0379. The molecule has 0 saturated carbocycles. The fourth-order valence-corrected chi connectivity index (χ4v) is 10.9. The summed E-state index contributed by atoms with van der Waals surface area (Å²) < 4.78 is 11.1. The molecule has 2 aromatic rings. The monoisotopic (exact) mass is 915 g/mol. The molecule has 9 atom stereocenters. The number of allylic oxidation sites excluding steroid dienone is 4. The molecule has 5 heterocycles. The first-order valence-corrected chi connectivity index (χ1v) is 25.1. The van der Waals surface area contributed by atoms with E-state index in [-0.39, 0.29) is 64.9 Å². The second-order valence-corrected chi connectivity index (χ2v) is 20.7. The van der Waals surface area contributed by atoms with Crippen LogP contribution >= 0.6 is 0 Å². The van der Waals surface area contributed by atoms with Crippen molar-refractivity contribution in [1.82, 2.24) is 9.97 Å². The first-order chi connectivity index (χ1) is 30.9. The predicted molar refractivity (Wildman–Crippen MR) is 267 cm³/mol. The van der Waals surface area contributed by atoms with E-state index in [2.05, 4.69) is 55.4 Å². The van der Waals surface area contributed by atoms with Crippen LogP contribution in [0.4, 0.5) is 0 Å². The number of ketones is 1. The average Bonchev–Trinajstić information content (AvgIpc) is 4.00. The first-order valence-electron chi connectivity index (χ1n) is 25.1. The Bertz CT molecular complexity index is 2170. The molecule has 6 rings (SSSR count). The molecule has 1 aliphatic carbocycles. The first kappa shape index (κ1) is 53.4. The second-order valence-electron chi connectivity index (χ2n) is 20.7. The molecule has 10 nitrogen and oxygen atoms in total. The minimum Gasteiger partial charge on any atom is -0.664 e. The van der Waals surface area contributed by atoms with Gasteiger partial charge in [-0.25, -0.2) is 0 Å². The van der Waals surface area contributed by atoms with E-state index in [1.807, 2.05) is 32.1 Å². The molecular formula is C55H78MgN4O6-2. The third-order valence-electron chi connectivity index (χ3n) is 15.2. The van der Waals surface area contributed by atoms with E-state index in [1.165, 1.54) is 58.5 Å². The second kappa shape index (κ2) is 23.6. The molecule has 0 amide bonds. The maximum Gasteiger partial charge on any atom is 2.00 e. The van der Waals surface area contributed by atoms with Gasteiger partial charge in [0.05, 0.1) is 19.8 Å². The van der Waals surface area contributed by atoms with E-state index < -0.39 is 18.0 Å². The maximum atomic E-state index is 14.4. The van der Waals surface area contributed by atoms with Crippen molar-refractivity contribution in [1.29, 1.82) is 0 Å². The number of rotatable bonds is 21. The Kier molecular flexibility index (Phi) is 19.1. The zero-order valence-electron chi connectivity index (χ0n) is 42.4. The number of aliphatic hydroxyl groups is 1. The molecule has 2 aromatic heterocycles. The SMILES string of the molecule is CC[C@H]1/C2=C/c3[n-]c4c(c3C)C(=O)[C@H](C(=O)OC)/C4=C3/[N-]/C(=C\c4[n-]c(c([C@@H](C)O)c4C)/C=C(\[N-]2)[C@@H]1C)[C@@H](C)[C@@H]3CCC(=O)OCCC(C)CCC[C@H](C)CCC[C@@H](C)CCCC(C)C.[Mg+2]. The number of esters is 2. The van der Waals surface area contributed by atoms with E-state index >= 15 is 0 Å². The number of carbonyl (C=O) groups excluding carboxylic acids is 3. The molecule has 358 valence electrons. The van der Waals surface area contributed by atoms with Crippen molar-refractivity contribution in [2.24, 2.45) is 53.3 Å². The van der Waals surface area contributed by atoms with Crippen LogP contribution in [0.3, 0.4) is 0 Å². The van der Waals surface area contributed by atoms with Crippen molar-refractivity contribution in [3.05, 3.63) is 78.5 Å². The number of fused-ring (bicyclic) bond motifs is 7. The summed E-state index contributed by atoms with van der Waals surface area (Å²) in [6, 6.07) is 0. The number of hydrogen-bond donors (Lipinski definition) is 1. The van der Waals surface area contributed by atoms with E-state index in [0.717, 1.165) is 59.5 Å². The van der Waals surface area contributed by atoms with Gasteiger partial charge < -0.3 is 35.2 Å². The van der Waals surface area contributed by atoms with Crippen molar-refractivity contribution in [2.75, 3.05) is 13.7 Å². The van der Waals surface area contributed by atoms with Crippen LogP contribution in [-0.2, 0) is 19.1 Å². The number of nitrogens with zero attached hydrogens (tertiary/aromatic N) is 4. The van der Waals surface area contributed by atoms with Gasteiger partial charge in [-0.3, -0.25) is 14.4 Å². The molecule has 1 unspecified atom stereocenters. The number of methoxy groups -OCH3 is 1. The Labute approximate surface area is 412 Å². The average molecular weight is 916 g/mol. The predicted octanol–water partition coefficient (Wildman–Crippen LogP) is 12.8. The maximum absolute atomic E-state index is 14.4. The molecule has 2 saturated heterocycles. The minimum absolute atomic E-state index is 0. The van der Waals surface area contributed by atoms with Gasteiger partial charge in [-0.1, -0.05) is 155 Å². The van der Waals surface area contributed by atoms with Crippen molar-refractivity contribution < 1.29 is 29.0 Å². The zero-order valence-corrected chi connectivity index (χ0v) is 43.8. The van der Waals surface area contributed by atoms with Crippen LogP contribution in [0, 0.1) is 67.1 Å². The number of aliphatic hydroxyl groups excluding tert-OH is 1. The Morgan fingerprint density at radius 1 is 0.727 bits per heavy atom. The zero-order chi connectivity index (χ0) is 47.3. The van der Waals surface area contributed by atoms with E-state index in [4.69, 9.17) is 30.1 Å². The van der Waals surface area contributed by atoms with Gasteiger partial charge in [0.2, 0.25) is 0 Å². The van der Waals surface area contributed by atoms with Gasteiger partial charge in [0.15, 0.2) is 5.78 Å². The van der Waals surface area contributed by atoms with Gasteiger partial charge in [-0.05, 0) is 86.5 Å². The molecule has 0 aromatic carbocycles. The molecular weight excluding hydrogens is 837 g/mol. The van der Waals surface area contributed by atoms with Gasteiger partial charge in [-0.15, -0.1) is 22.8 Å². The van der Waals surface area contributed by atoms with Crippen molar-refractivity contribution in [3.8, 4) is 0 Å². The quantitative estimate of drug-likeness (QED) is 0.0740. The van der Waals surface area contributed by atoms with Gasteiger partial charge in [0.1, 0.15) is 5.92 Å². The van der Waals surface area contributed by atoms with Crippen molar-refractivity contribution >= 4 is 64.6 Å². The van der Waals surface area contributed by atoms with Crippen LogP contribution in [0.1, 0.15) is 202 Å². The van der Waals surface area contributed by atoms with Crippen molar-refractivity contribution in [3.63, 3.8) is 0 Å². The third kappa shape index (κ3) is 12.0. The standard InChI is InChI=1S/C55H79N4O6.Mg/c1-13-39-34(7)41-29-46-48(38(11)60)36(9)43(57-46)27-42-35(8)40(52(58-42)50-51(55(63)64-12)54(62)49-37(10)44(59-53(49)50)28-45(39)56-41)23-24-47(61)65-26-25-33(6)22-16-21-32(5)20-15-19-31(4)18-14-17-30(2)3;/h27-35,38-40,51,60H,13-26H2,1-12H3,(H-,58,59,62);/q-3;+2/p-1/b41-29-,42-27-,45-28-;/t31-,32+,33?,34+,35-,38+,39+,40-,51+;/m0./s1. The number of Topliss-reactive ketones (excluding diaryl/α,β-unsaturated/α-hetero) is 1. The smallest absolute Gasteiger partial charge is 0.664 e.